The van der Waals surface area contributed by atoms with Gasteiger partial charge in [0.15, 0.2) is 5.69 Å². The number of hydrogen-bond donors (Lipinski definition) is 1. The summed E-state index contributed by atoms with van der Waals surface area (Å²) in [5.74, 6) is 0.321. The number of benzene rings is 1. The van der Waals surface area contributed by atoms with Crippen molar-refractivity contribution >= 4 is 5.91 Å². The molecule has 0 aliphatic carbocycles. The standard InChI is InChI=1S/C27H28F3N7O2/c1-16(23-13-18(39-4)5-7-32-23)37-8-6-19-20(22-15-35(3)33-24(22)27(28,29)30)11-17(12-21(19)25(37)38)14-36-10-9-34(2)26(36)31/h5,7,9-13,15-16,31H,6,8,14H2,1-4H3. The molecule has 0 bridgehead atoms. The van der Waals surface area contributed by atoms with Crippen LogP contribution < -0.4 is 10.4 Å². The third-order valence-corrected chi connectivity index (χ3v) is 7.10. The Kier molecular flexibility index (Phi) is 6.57. The van der Waals surface area contributed by atoms with Gasteiger partial charge in [0.05, 0.1) is 25.4 Å². The number of nitrogens with one attached hydrogen (secondary N) is 1. The number of halogens is 3. The molecule has 1 N–H and O–H groups in total. The lowest BCUT2D eigenvalue weighted by molar-refractivity contribution is -0.140. The van der Waals surface area contributed by atoms with Gasteiger partial charge >= 0.3 is 6.18 Å². The summed E-state index contributed by atoms with van der Waals surface area (Å²) in [5.41, 5.74) is 1.61. The number of methoxy groups -OCH3 is 1. The molecule has 0 fully saturated rings. The number of amides is 1. The molecule has 0 saturated heterocycles. The van der Waals surface area contributed by atoms with Crippen LogP contribution in [0.25, 0.3) is 11.1 Å². The first-order valence-corrected chi connectivity index (χ1v) is 12.3. The molecule has 1 unspecified atom stereocenters. The van der Waals surface area contributed by atoms with E-state index in [2.05, 4.69) is 10.1 Å². The van der Waals surface area contributed by atoms with E-state index in [-0.39, 0.29) is 29.7 Å². The number of nitrogens with zero attached hydrogens (tertiary/aromatic N) is 6. The summed E-state index contributed by atoms with van der Waals surface area (Å²) in [4.78, 5) is 20.0. The number of imidazole rings is 1. The van der Waals surface area contributed by atoms with Crippen LogP contribution in [0.3, 0.4) is 0 Å². The maximum Gasteiger partial charge on any atom is 0.435 e. The normalized spacial score (nSPS) is 14.4. The van der Waals surface area contributed by atoms with Gasteiger partial charge in [-0.3, -0.25) is 19.9 Å². The van der Waals surface area contributed by atoms with Crippen molar-refractivity contribution in [1.82, 2.24) is 28.8 Å². The molecule has 204 valence electrons. The predicted molar refractivity (Wildman–Crippen MR) is 136 cm³/mol. The first-order valence-electron chi connectivity index (χ1n) is 12.3. The van der Waals surface area contributed by atoms with Gasteiger partial charge in [-0.05, 0) is 48.2 Å². The van der Waals surface area contributed by atoms with Crippen molar-refractivity contribution in [2.45, 2.75) is 32.1 Å². The topological polar surface area (TPSA) is 94.0 Å². The van der Waals surface area contributed by atoms with E-state index in [1.165, 1.54) is 13.2 Å². The maximum absolute atomic E-state index is 14.0. The first kappa shape index (κ1) is 26.3. The Balaban J connectivity index is 1.64. The highest BCUT2D eigenvalue weighted by atomic mass is 19.4. The largest absolute Gasteiger partial charge is 0.497 e. The minimum atomic E-state index is -4.67. The van der Waals surface area contributed by atoms with Crippen LogP contribution in [0.4, 0.5) is 13.2 Å². The molecule has 4 heterocycles. The van der Waals surface area contributed by atoms with Crippen LogP contribution in [-0.4, -0.2) is 48.4 Å². The second-order valence-electron chi connectivity index (χ2n) is 9.64. The zero-order valence-electron chi connectivity index (χ0n) is 22.0. The molecule has 5 rings (SSSR count). The molecule has 1 atom stereocenters. The number of aromatic nitrogens is 5. The predicted octanol–water partition coefficient (Wildman–Crippen LogP) is 3.94. The van der Waals surface area contributed by atoms with Crippen molar-refractivity contribution < 1.29 is 22.7 Å². The van der Waals surface area contributed by atoms with Gasteiger partial charge in [0.1, 0.15) is 5.75 Å². The van der Waals surface area contributed by atoms with E-state index in [4.69, 9.17) is 10.1 Å². The van der Waals surface area contributed by atoms with E-state index in [1.807, 2.05) is 6.92 Å². The zero-order chi connectivity index (χ0) is 28.1. The summed E-state index contributed by atoms with van der Waals surface area (Å²) in [6, 6.07) is 6.50. The van der Waals surface area contributed by atoms with Crippen LogP contribution in [0.2, 0.25) is 0 Å². The molecule has 4 aromatic rings. The van der Waals surface area contributed by atoms with E-state index in [0.717, 1.165) is 4.68 Å². The minimum absolute atomic E-state index is 0.0731. The quantitative estimate of drug-likeness (QED) is 0.402. The van der Waals surface area contributed by atoms with Crippen LogP contribution >= 0.6 is 0 Å². The molecule has 12 heteroatoms. The Bertz CT molecular complexity index is 1620. The third-order valence-electron chi connectivity index (χ3n) is 7.10. The van der Waals surface area contributed by atoms with Gasteiger partial charge in [0, 0.05) is 62.6 Å². The van der Waals surface area contributed by atoms with E-state index in [1.54, 1.807) is 71.0 Å². The van der Waals surface area contributed by atoms with Crippen molar-refractivity contribution in [3.8, 4) is 16.9 Å². The van der Waals surface area contributed by atoms with Crippen molar-refractivity contribution in [2.24, 2.45) is 14.1 Å². The number of carbonyl (C=O) groups is 1. The average molecular weight is 540 g/mol. The number of alkyl halides is 3. The molecule has 1 aliphatic rings. The number of hydrogen-bond acceptors (Lipinski definition) is 5. The molecule has 3 aromatic heterocycles. The lowest BCUT2D eigenvalue weighted by Crippen LogP contribution is -2.40. The molecule has 1 aliphatic heterocycles. The Morgan fingerprint density at radius 3 is 2.54 bits per heavy atom. The second kappa shape index (κ2) is 9.75. The van der Waals surface area contributed by atoms with Crippen LogP contribution in [0.15, 0.2) is 49.1 Å². The lowest BCUT2D eigenvalue weighted by atomic mass is 9.87. The average Bonchev–Trinajstić information content (AvgIpc) is 3.46. The van der Waals surface area contributed by atoms with Crippen molar-refractivity contribution in [2.75, 3.05) is 13.7 Å². The summed E-state index contributed by atoms with van der Waals surface area (Å²) >= 11 is 0. The summed E-state index contributed by atoms with van der Waals surface area (Å²) in [6.45, 7) is 2.39. The Morgan fingerprint density at radius 2 is 1.87 bits per heavy atom. The smallest absolute Gasteiger partial charge is 0.435 e. The maximum atomic E-state index is 14.0. The van der Waals surface area contributed by atoms with Crippen LogP contribution in [0.1, 0.15) is 45.8 Å². The van der Waals surface area contributed by atoms with E-state index in [0.29, 0.717) is 46.7 Å². The van der Waals surface area contributed by atoms with Crippen LogP contribution in [-0.2, 0) is 33.2 Å². The fourth-order valence-corrected chi connectivity index (χ4v) is 5.07. The van der Waals surface area contributed by atoms with Crippen molar-refractivity contribution in [3.63, 3.8) is 0 Å². The second-order valence-corrected chi connectivity index (χ2v) is 9.64. The highest BCUT2D eigenvalue weighted by molar-refractivity contribution is 5.99. The first-order chi connectivity index (χ1) is 18.5. The van der Waals surface area contributed by atoms with Crippen molar-refractivity contribution in [1.29, 1.82) is 5.41 Å². The van der Waals surface area contributed by atoms with Gasteiger partial charge in [0.25, 0.3) is 5.91 Å². The van der Waals surface area contributed by atoms with Crippen molar-refractivity contribution in [3.05, 3.63) is 82.7 Å². The van der Waals surface area contributed by atoms with Gasteiger partial charge in [-0.1, -0.05) is 0 Å². The Labute approximate surface area is 222 Å². The molecule has 1 aromatic carbocycles. The lowest BCUT2D eigenvalue weighted by Gasteiger charge is -2.34. The number of carbonyl (C=O) groups excluding carboxylic acids is 1. The molecule has 9 nitrogen and oxygen atoms in total. The molecule has 0 spiro atoms. The molecule has 39 heavy (non-hydrogen) atoms. The Morgan fingerprint density at radius 1 is 1.13 bits per heavy atom. The number of pyridine rings is 1. The summed E-state index contributed by atoms with van der Waals surface area (Å²) in [7, 11) is 4.73. The third kappa shape index (κ3) is 4.82. The summed E-state index contributed by atoms with van der Waals surface area (Å²) < 4.78 is 51.7. The molecule has 1 amide bonds. The number of fused-ring (bicyclic) bond motifs is 1. The van der Waals surface area contributed by atoms with E-state index >= 15 is 0 Å². The van der Waals surface area contributed by atoms with Crippen LogP contribution in [0, 0.1) is 5.41 Å². The monoisotopic (exact) mass is 539 g/mol. The van der Waals surface area contributed by atoms with Gasteiger partial charge in [-0.2, -0.15) is 18.3 Å². The Hall–Kier alpha value is -4.35. The fraction of sp³-hybridized carbons (Fsp3) is 0.333. The number of rotatable bonds is 6. The van der Waals surface area contributed by atoms with Crippen LogP contribution in [0.5, 0.6) is 5.75 Å². The number of aryl methyl sites for hydroxylation is 2. The van der Waals surface area contributed by atoms with Gasteiger partial charge in [-0.15, -0.1) is 0 Å². The molecular weight excluding hydrogens is 511 g/mol. The fourth-order valence-electron chi connectivity index (χ4n) is 5.07. The SMILES string of the molecule is COc1ccnc(C(C)N2CCc3c(cc(Cn4ccn(C)c4=N)cc3-c3cn(C)nc3C(F)(F)F)C2=O)c1. The van der Waals surface area contributed by atoms with E-state index in [9.17, 15) is 18.0 Å². The molecular formula is C27H28F3N7O2. The highest BCUT2D eigenvalue weighted by Gasteiger charge is 2.39. The van der Waals surface area contributed by atoms with Gasteiger partial charge in [0.2, 0.25) is 5.62 Å². The molecule has 0 radical (unpaired) electrons. The highest BCUT2D eigenvalue weighted by Crippen LogP contribution is 2.40. The van der Waals surface area contributed by atoms with E-state index < -0.39 is 11.9 Å². The zero-order valence-corrected chi connectivity index (χ0v) is 22.0. The minimum Gasteiger partial charge on any atom is -0.497 e. The number of ether oxygens (including phenoxy) is 1. The summed E-state index contributed by atoms with van der Waals surface area (Å²) in [5, 5.41) is 12.0. The van der Waals surface area contributed by atoms with Gasteiger partial charge < -0.3 is 18.8 Å². The summed E-state index contributed by atoms with van der Waals surface area (Å²) in [6.07, 6.45) is 2.09. The molecule has 0 saturated carbocycles. The van der Waals surface area contributed by atoms with Gasteiger partial charge in [-0.25, -0.2) is 0 Å².